The van der Waals surface area contributed by atoms with Crippen LogP contribution in [0.5, 0.6) is 0 Å². The van der Waals surface area contributed by atoms with E-state index in [1.807, 2.05) is 42.6 Å². The van der Waals surface area contributed by atoms with E-state index in [1.54, 1.807) is 12.4 Å². The summed E-state index contributed by atoms with van der Waals surface area (Å²) in [6.45, 7) is 4.26. The highest BCUT2D eigenvalue weighted by atomic mass is 35.5. The van der Waals surface area contributed by atoms with E-state index in [9.17, 15) is 5.26 Å². The standard InChI is InChI=1S/C32H32ClN9/c1-2-27(19-7-4-3-5-8-19)39-29-21(13-34)15-37-31-23(29)11-22(12-26(31)33)38-30(20-9-6-10-35-14-20)28-18-42(41-40-28)32-24-16-36-17-25(24)32/h3-12,14-15,18,24-25,27,30,32,36,38,40-41H,2,16-17H2,1H3,(H,37,39)/t24-,25+,27-,30+,32?/m1/s1. The molecule has 2 fully saturated rings. The van der Waals surface area contributed by atoms with Crippen molar-refractivity contribution in [2.45, 2.75) is 31.5 Å². The van der Waals surface area contributed by atoms with Crippen molar-refractivity contribution in [1.82, 2.24) is 31.3 Å². The highest BCUT2D eigenvalue weighted by Gasteiger charge is 2.56. The van der Waals surface area contributed by atoms with Crippen molar-refractivity contribution < 1.29 is 0 Å². The number of pyridine rings is 2. The number of nitriles is 1. The number of hydrogen-bond donors (Lipinski definition) is 5. The minimum absolute atomic E-state index is 0.0180. The third-order valence-corrected chi connectivity index (χ3v) is 8.88. The fourth-order valence-electron chi connectivity index (χ4n) is 6.37. The van der Waals surface area contributed by atoms with E-state index in [-0.39, 0.29) is 12.1 Å². The molecule has 2 aliphatic heterocycles. The molecule has 0 spiro atoms. The lowest BCUT2D eigenvalue weighted by molar-refractivity contribution is 0.235. The molecule has 2 aromatic carbocycles. The average molecular weight is 578 g/mol. The van der Waals surface area contributed by atoms with Crippen molar-refractivity contribution >= 4 is 33.9 Å². The van der Waals surface area contributed by atoms with E-state index in [0.717, 1.165) is 53.1 Å². The zero-order chi connectivity index (χ0) is 28.6. The number of piperidine rings is 1. The molecule has 7 rings (SSSR count). The number of aromatic nitrogens is 2. The molecule has 1 unspecified atom stereocenters. The molecule has 4 heterocycles. The molecule has 4 aromatic rings. The molecule has 0 radical (unpaired) electrons. The van der Waals surface area contributed by atoms with Crippen LogP contribution in [0.15, 0.2) is 85.1 Å². The molecular weight excluding hydrogens is 546 g/mol. The predicted molar refractivity (Wildman–Crippen MR) is 165 cm³/mol. The van der Waals surface area contributed by atoms with Crippen LogP contribution in [-0.4, -0.2) is 34.1 Å². The summed E-state index contributed by atoms with van der Waals surface area (Å²) in [4.78, 5) is 8.95. The van der Waals surface area contributed by atoms with E-state index < -0.39 is 0 Å². The number of nitrogens with one attached hydrogen (secondary N) is 5. The number of rotatable bonds is 9. The van der Waals surface area contributed by atoms with Crippen LogP contribution in [0, 0.1) is 23.2 Å². The number of benzene rings is 2. The van der Waals surface area contributed by atoms with Gasteiger partial charge in [-0.2, -0.15) is 5.26 Å². The van der Waals surface area contributed by atoms with Gasteiger partial charge in [-0.3, -0.25) is 15.0 Å². The van der Waals surface area contributed by atoms with E-state index in [1.165, 1.54) is 0 Å². The SMILES string of the molecule is CC[C@@H](Nc1c(C#N)cnc2c(Cl)cc(N[C@H](C3=CN(C4[C@H]5CNC[C@@H]45)NN3)c3cccnc3)cc12)c1ccccc1. The van der Waals surface area contributed by atoms with Crippen molar-refractivity contribution in [2.75, 3.05) is 23.7 Å². The van der Waals surface area contributed by atoms with Gasteiger partial charge in [0.05, 0.1) is 45.6 Å². The number of halogens is 1. The largest absolute Gasteiger partial charge is 0.377 e. The maximum Gasteiger partial charge on any atom is 0.103 e. The van der Waals surface area contributed by atoms with Gasteiger partial charge in [-0.15, -0.1) is 5.53 Å². The summed E-state index contributed by atoms with van der Waals surface area (Å²) >= 11 is 6.85. The molecule has 10 heteroatoms. The van der Waals surface area contributed by atoms with E-state index in [4.69, 9.17) is 11.6 Å². The van der Waals surface area contributed by atoms with Gasteiger partial charge < -0.3 is 21.4 Å². The van der Waals surface area contributed by atoms with Crippen LogP contribution in [0.4, 0.5) is 11.4 Å². The van der Waals surface area contributed by atoms with Crippen LogP contribution < -0.4 is 26.9 Å². The van der Waals surface area contributed by atoms with E-state index in [2.05, 4.69) is 79.3 Å². The van der Waals surface area contributed by atoms with Crippen molar-refractivity contribution in [2.24, 2.45) is 11.8 Å². The fraction of sp³-hybridized carbons (Fsp3) is 0.281. The topological polar surface area (TPSA) is 113 Å². The highest BCUT2D eigenvalue weighted by Crippen LogP contribution is 2.46. The Morgan fingerprint density at radius 1 is 1.07 bits per heavy atom. The zero-order valence-corrected chi connectivity index (χ0v) is 23.9. The fourth-order valence-corrected chi connectivity index (χ4v) is 6.64. The van der Waals surface area contributed by atoms with Gasteiger partial charge in [-0.05, 0) is 47.6 Å². The van der Waals surface area contributed by atoms with Crippen molar-refractivity contribution in [3.8, 4) is 6.07 Å². The molecule has 5 N–H and O–H groups in total. The molecule has 0 amide bonds. The molecule has 1 saturated carbocycles. The lowest BCUT2D eigenvalue weighted by atomic mass is 10.0. The molecule has 212 valence electrons. The van der Waals surface area contributed by atoms with Crippen LogP contribution >= 0.6 is 11.6 Å². The van der Waals surface area contributed by atoms with Gasteiger partial charge in [0, 0.05) is 49.0 Å². The van der Waals surface area contributed by atoms with Crippen LogP contribution in [0.25, 0.3) is 10.9 Å². The minimum Gasteiger partial charge on any atom is -0.377 e. The maximum absolute atomic E-state index is 10.0. The van der Waals surface area contributed by atoms with Crippen molar-refractivity contribution in [3.63, 3.8) is 0 Å². The zero-order valence-electron chi connectivity index (χ0n) is 23.2. The summed E-state index contributed by atoms with van der Waals surface area (Å²) in [6, 6.07) is 20.8. The third-order valence-electron chi connectivity index (χ3n) is 8.59. The second-order valence-corrected chi connectivity index (χ2v) is 11.5. The van der Waals surface area contributed by atoms with Gasteiger partial charge in [0.2, 0.25) is 0 Å². The van der Waals surface area contributed by atoms with Gasteiger partial charge in [-0.1, -0.05) is 54.9 Å². The first-order valence-electron chi connectivity index (χ1n) is 14.4. The van der Waals surface area contributed by atoms with Gasteiger partial charge in [0.1, 0.15) is 6.07 Å². The van der Waals surface area contributed by atoms with Crippen molar-refractivity contribution in [3.05, 3.63) is 107 Å². The summed E-state index contributed by atoms with van der Waals surface area (Å²) < 4.78 is 0. The van der Waals surface area contributed by atoms with Crippen molar-refractivity contribution in [1.29, 1.82) is 5.26 Å². The summed E-state index contributed by atoms with van der Waals surface area (Å²) in [5.41, 5.74) is 12.5. The summed E-state index contributed by atoms with van der Waals surface area (Å²) in [7, 11) is 0. The molecule has 1 saturated heterocycles. The molecule has 9 nitrogen and oxygen atoms in total. The Labute approximate surface area is 249 Å². The smallest absolute Gasteiger partial charge is 0.103 e. The first-order chi connectivity index (χ1) is 20.6. The molecule has 3 aliphatic rings. The lowest BCUT2D eigenvalue weighted by Crippen LogP contribution is -2.41. The number of anilines is 2. The Hall–Kier alpha value is -4.36. The maximum atomic E-state index is 10.0. The molecular formula is C32H32ClN9. The minimum atomic E-state index is -0.224. The number of nitrogens with zero attached hydrogens (tertiary/aromatic N) is 4. The molecule has 1 aliphatic carbocycles. The molecule has 0 bridgehead atoms. The number of hydrogen-bond acceptors (Lipinski definition) is 9. The molecule has 42 heavy (non-hydrogen) atoms. The van der Waals surface area contributed by atoms with Crippen LogP contribution in [0.3, 0.4) is 0 Å². The van der Waals surface area contributed by atoms with Gasteiger partial charge in [0.15, 0.2) is 0 Å². The van der Waals surface area contributed by atoms with Crippen LogP contribution in [0.2, 0.25) is 5.02 Å². The Morgan fingerprint density at radius 3 is 2.62 bits per heavy atom. The predicted octanol–water partition coefficient (Wildman–Crippen LogP) is 5.26. The molecule has 5 atom stereocenters. The Bertz CT molecular complexity index is 1660. The quantitative estimate of drug-likeness (QED) is 0.182. The normalized spacial score (nSPS) is 22.1. The van der Waals surface area contributed by atoms with E-state index in [0.29, 0.717) is 34.0 Å². The summed E-state index contributed by atoms with van der Waals surface area (Å²) in [5, 5.41) is 24.3. The number of hydrazine groups is 2. The monoisotopic (exact) mass is 577 g/mol. The Kier molecular flexibility index (Phi) is 7.04. The van der Waals surface area contributed by atoms with Crippen LogP contribution in [-0.2, 0) is 0 Å². The van der Waals surface area contributed by atoms with E-state index >= 15 is 0 Å². The number of fused-ring (bicyclic) bond motifs is 2. The molecule has 2 aromatic heterocycles. The first-order valence-corrected chi connectivity index (χ1v) is 14.7. The second-order valence-electron chi connectivity index (χ2n) is 11.1. The van der Waals surface area contributed by atoms with Gasteiger partial charge >= 0.3 is 0 Å². The highest BCUT2D eigenvalue weighted by molar-refractivity contribution is 6.35. The Morgan fingerprint density at radius 2 is 1.88 bits per heavy atom. The average Bonchev–Trinajstić information content (AvgIpc) is 3.34. The summed E-state index contributed by atoms with van der Waals surface area (Å²) in [5.74, 6) is 1.35. The lowest BCUT2D eigenvalue weighted by Gasteiger charge is -2.23. The second kappa shape index (κ2) is 11.1. The van der Waals surface area contributed by atoms with Gasteiger partial charge in [-0.25, -0.2) is 0 Å². The first kappa shape index (κ1) is 26.5. The summed E-state index contributed by atoms with van der Waals surface area (Å²) in [6.07, 6.45) is 8.24. The third kappa shape index (κ3) is 4.88. The van der Waals surface area contributed by atoms with Gasteiger partial charge in [0.25, 0.3) is 0 Å². The Balaban J connectivity index is 1.25. The van der Waals surface area contributed by atoms with Crippen LogP contribution in [0.1, 0.15) is 42.1 Å².